The number of carbonyl (C=O) groups excluding carboxylic acids is 1. The van der Waals surface area contributed by atoms with Gasteiger partial charge in [0, 0.05) is 12.1 Å². The predicted molar refractivity (Wildman–Crippen MR) is 70.8 cm³/mol. The molecule has 0 spiro atoms. The van der Waals surface area contributed by atoms with Gasteiger partial charge in [0.25, 0.3) is 0 Å². The van der Waals surface area contributed by atoms with Gasteiger partial charge in [-0.2, -0.15) is 11.8 Å². The van der Waals surface area contributed by atoms with E-state index in [0.29, 0.717) is 12.1 Å². The number of nitrogens with one attached hydrogen (secondary N) is 2. The highest BCUT2D eigenvalue weighted by molar-refractivity contribution is 7.99. The zero-order valence-electron chi connectivity index (χ0n) is 10.6. The molecule has 16 heavy (non-hydrogen) atoms. The maximum Gasteiger partial charge on any atom is 0.224 e. The SMILES string of the molecule is CCSCCC(C)NC(=O)C1CCNC1C. The molecule has 0 saturated carbocycles. The molecule has 0 aromatic rings. The molecule has 0 radical (unpaired) electrons. The van der Waals surface area contributed by atoms with Crippen molar-refractivity contribution < 1.29 is 4.79 Å². The molecule has 1 aliphatic rings. The summed E-state index contributed by atoms with van der Waals surface area (Å²) in [5.41, 5.74) is 0. The summed E-state index contributed by atoms with van der Waals surface area (Å²) in [4.78, 5) is 11.9. The van der Waals surface area contributed by atoms with Gasteiger partial charge in [0.15, 0.2) is 0 Å². The highest BCUT2D eigenvalue weighted by atomic mass is 32.2. The molecule has 4 heteroatoms. The molecule has 2 N–H and O–H groups in total. The van der Waals surface area contributed by atoms with E-state index in [0.717, 1.165) is 30.9 Å². The molecule has 94 valence electrons. The number of carbonyl (C=O) groups is 1. The standard InChI is InChI=1S/C12H24N2OS/c1-4-16-8-6-9(2)14-12(15)11-5-7-13-10(11)3/h9-11,13H,4-8H2,1-3H3,(H,14,15). The van der Waals surface area contributed by atoms with Crippen molar-refractivity contribution in [3.05, 3.63) is 0 Å². The van der Waals surface area contributed by atoms with Crippen molar-refractivity contribution in [3.63, 3.8) is 0 Å². The summed E-state index contributed by atoms with van der Waals surface area (Å²) < 4.78 is 0. The fraction of sp³-hybridized carbons (Fsp3) is 0.917. The smallest absolute Gasteiger partial charge is 0.224 e. The second kappa shape index (κ2) is 7.17. The fourth-order valence-corrected chi connectivity index (χ4v) is 2.85. The average molecular weight is 244 g/mol. The van der Waals surface area contributed by atoms with E-state index in [1.54, 1.807) is 0 Å². The zero-order chi connectivity index (χ0) is 12.0. The Kier molecular flexibility index (Phi) is 6.21. The minimum atomic E-state index is 0.168. The lowest BCUT2D eigenvalue weighted by Crippen LogP contribution is -2.41. The van der Waals surface area contributed by atoms with Crippen molar-refractivity contribution in [1.82, 2.24) is 10.6 Å². The van der Waals surface area contributed by atoms with Crippen molar-refractivity contribution in [2.24, 2.45) is 5.92 Å². The quantitative estimate of drug-likeness (QED) is 0.698. The largest absolute Gasteiger partial charge is 0.353 e. The molecular weight excluding hydrogens is 220 g/mol. The van der Waals surface area contributed by atoms with Gasteiger partial charge in [0.1, 0.15) is 0 Å². The van der Waals surface area contributed by atoms with E-state index in [1.165, 1.54) is 0 Å². The number of hydrogen-bond acceptors (Lipinski definition) is 3. The van der Waals surface area contributed by atoms with Crippen molar-refractivity contribution in [1.29, 1.82) is 0 Å². The molecule has 1 rings (SSSR count). The van der Waals surface area contributed by atoms with Gasteiger partial charge in [0.2, 0.25) is 5.91 Å². The maximum absolute atomic E-state index is 11.9. The highest BCUT2D eigenvalue weighted by Gasteiger charge is 2.29. The molecule has 1 aliphatic heterocycles. The summed E-state index contributed by atoms with van der Waals surface area (Å²) >= 11 is 1.93. The summed E-state index contributed by atoms with van der Waals surface area (Å²) in [6.45, 7) is 7.33. The Balaban J connectivity index is 2.22. The summed E-state index contributed by atoms with van der Waals surface area (Å²) in [5.74, 6) is 2.69. The van der Waals surface area contributed by atoms with E-state index >= 15 is 0 Å². The van der Waals surface area contributed by atoms with Crippen molar-refractivity contribution in [2.75, 3.05) is 18.1 Å². The van der Waals surface area contributed by atoms with Crippen LogP contribution in [0.4, 0.5) is 0 Å². The Bertz CT molecular complexity index is 223. The molecule has 1 saturated heterocycles. The summed E-state index contributed by atoms with van der Waals surface area (Å²) in [6, 6.07) is 0.636. The van der Waals surface area contributed by atoms with Gasteiger partial charge in [0.05, 0.1) is 5.92 Å². The second-order valence-electron chi connectivity index (χ2n) is 4.53. The third-order valence-electron chi connectivity index (χ3n) is 3.15. The number of thioether (sulfide) groups is 1. The van der Waals surface area contributed by atoms with E-state index in [-0.39, 0.29) is 11.8 Å². The van der Waals surface area contributed by atoms with Crippen LogP contribution in [0.5, 0.6) is 0 Å². The summed E-state index contributed by atoms with van der Waals surface area (Å²) in [6.07, 6.45) is 2.04. The minimum Gasteiger partial charge on any atom is -0.353 e. The first-order valence-electron chi connectivity index (χ1n) is 6.26. The van der Waals surface area contributed by atoms with Crippen LogP contribution in [0, 0.1) is 5.92 Å². The normalized spacial score (nSPS) is 26.7. The van der Waals surface area contributed by atoms with Crippen LogP contribution >= 0.6 is 11.8 Å². The Labute approximate surface area is 103 Å². The molecule has 1 fully saturated rings. The molecule has 1 amide bonds. The zero-order valence-corrected chi connectivity index (χ0v) is 11.4. The Hall–Kier alpha value is -0.220. The minimum absolute atomic E-state index is 0.168. The van der Waals surface area contributed by atoms with E-state index in [9.17, 15) is 4.79 Å². The van der Waals surface area contributed by atoms with Gasteiger partial charge in [-0.1, -0.05) is 6.92 Å². The molecular formula is C12H24N2OS. The molecule has 1 heterocycles. The summed E-state index contributed by atoms with van der Waals surface area (Å²) in [7, 11) is 0. The van der Waals surface area contributed by atoms with Crippen LogP contribution in [0.15, 0.2) is 0 Å². The number of rotatable bonds is 6. The Morgan fingerprint density at radius 3 is 2.94 bits per heavy atom. The van der Waals surface area contributed by atoms with Crippen LogP contribution in [0.1, 0.15) is 33.6 Å². The second-order valence-corrected chi connectivity index (χ2v) is 5.93. The van der Waals surface area contributed by atoms with Crippen LogP contribution in [0.25, 0.3) is 0 Å². The first-order valence-corrected chi connectivity index (χ1v) is 7.42. The molecule has 3 unspecified atom stereocenters. The van der Waals surface area contributed by atoms with Gasteiger partial charge in [-0.05, 0) is 44.7 Å². The fourth-order valence-electron chi connectivity index (χ4n) is 2.04. The predicted octanol–water partition coefficient (Wildman–Crippen LogP) is 1.63. The molecule has 0 aromatic carbocycles. The van der Waals surface area contributed by atoms with Crippen LogP contribution in [-0.4, -0.2) is 36.0 Å². The van der Waals surface area contributed by atoms with Crippen molar-refractivity contribution in [3.8, 4) is 0 Å². The van der Waals surface area contributed by atoms with Gasteiger partial charge < -0.3 is 10.6 Å². The molecule has 0 bridgehead atoms. The molecule has 0 aliphatic carbocycles. The molecule has 0 aromatic heterocycles. The van der Waals surface area contributed by atoms with Crippen LogP contribution < -0.4 is 10.6 Å². The topological polar surface area (TPSA) is 41.1 Å². The first-order chi connectivity index (χ1) is 7.65. The van der Waals surface area contributed by atoms with Gasteiger partial charge >= 0.3 is 0 Å². The van der Waals surface area contributed by atoms with Gasteiger partial charge in [-0.15, -0.1) is 0 Å². The highest BCUT2D eigenvalue weighted by Crippen LogP contribution is 2.15. The van der Waals surface area contributed by atoms with Crippen LogP contribution in [-0.2, 0) is 4.79 Å². The first kappa shape index (κ1) is 13.8. The Morgan fingerprint density at radius 2 is 2.38 bits per heavy atom. The van der Waals surface area contributed by atoms with Gasteiger partial charge in [-0.3, -0.25) is 4.79 Å². The average Bonchev–Trinajstić information content (AvgIpc) is 2.65. The number of amides is 1. The van der Waals surface area contributed by atoms with Crippen LogP contribution in [0.3, 0.4) is 0 Å². The molecule has 3 atom stereocenters. The van der Waals surface area contributed by atoms with E-state index in [1.807, 2.05) is 11.8 Å². The lowest BCUT2D eigenvalue weighted by Gasteiger charge is -2.19. The number of hydrogen-bond donors (Lipinski definition) is 2. The monoisotopic (exact) mass is 244 g/mol. The van der Waals surface area contributed by atoms with Crippen molar-refractivity contribution >= 4 is 17.7 Å². The molecule has 3 nitrogen and oxygen atoms in total. The summed E-state index contributed by atoms with van der Waals surface area (Å²) in [5, 5.41) is 6.43. The van der Waals surface area contributed by atoms with Crippen molar-refractivity contribution in [2.45, 2.75) is 45.7 Å². The lowest BCUT2D eigenvalue weighted by atomic mass is 10.0. The Morgan fingerprint density at radius 1 is 1.62 bits per heavy atom. The van der Waals surface area contributed by atoms with E-state index in [4.69, 9.17) is 0 Å². The van der Waals surface area contributed by atoms with E-state index in [2.05, 4.69) is 31.4 Å². The third kappa shape index (κ3) is 4.34. The van der Waals surface area contributed by atoms with Gasteiger partial charge in [-0.25, -0.2) is 0 Å². The van der Waals surface area contributed by atoms with Crippen LogP contribution in [0.2, 0.25) is 0 Å². The third-order valence-corrected chi connectivity index (χ3v) is 4.08. The maximum atomic E-state index is 11.9. The lowest BCUT2D eigenvalue weighted by molar-refractivity contribution is -0.125. The van der Waals surface area contributed by atoms with E-state index < -0.39 is 0 Å².